The van der Waals surface area contributed by atoms with Crippen molar-refractivity contribution < 1.29 is 18.8 Å². The lowest BCUT2D eigenvalue weighted by Crippen LogP contribution is -2.36. The molecule has 3 rings (SSSR count). The van der Waals surface area contributed by atoms with Crippen LogP contribution in [0.5, 0.6) is 11.5 Å². The molecule has 0 aliphatic rings. The van der Waals surface area contributed by atoms with Crippen molar-refractivity contribution in [2.45, 2.75) is 6.54 Å². The number of rotatable bonds is 7. The van der Waals surface area contributed by atoms with Gasteiger partial charge in [-0.3, -0.25) is 4.79 Å². The Morgan fingerprint density at radius 1 is 0.840 bits per heavy atom. The molecule has 0 amide bonds. The summed E-state index contributed by atoms with van der Waals surface area (Å²) in [4.78, 5) is 12.4. The molecular weight excluding hydrogens is 314 g/mol. The molecule has 0 spiro atoms. The largest absolute Gasteiger partial charge is 0.497 e. The molecule has 0 atom stereocenters. The maximum absolute atomic E-state index is 12.4. The van der Waals surface area contributed by atoms with Gasteiger partial charge in [0.1, 0.15) is 18.1 Å². The second-order valence-corrected chi connectivity index (χ2v) is 5.54. The third kappa shape index (κ3) is 4.44. The summed E-state index contributed by atoms with van der Waals surface area (Å²) in [5.74, 6) is 1.64. The second-order valence-electron chi connectivity index (χ2n) is 5.54. The first kappa shape index (κ1) is 16.7. The second kappa shape index (κ2) is 8.11. The molecule has 0 aliphatic carbocycles. The lowest BCUT2D eigenvalue weighted by molar-refractivity contribution is -0.697. The van der Waals surface area contributed by atoms with Crippen LogP contribution in [-0.2, 0) is 6.54 Å². The van der Waals surface area contributed by atoms with Gasteiger partial charge in [0.25, 0.3) is 0 Å². The first-order valence-corrected chi connectivity index (χ1v) is 8.12. The molecule has 0 saturated heterocycles. The van der Waals surface area contributed by atoms with Crippen molar-refractivity contribution in [2.24, 2.45) is 0 Å². The summed E-state index contributed by atoms with van der Waals surface area (Å²) < 4.78 is 12.8. The van der Waals surface area contributed by atoms with Gasteiger partial charge in [0.05, 0.1) is 7.11 Å². The van der Waals surface area contributed by atoms with E-state index in [0.29, 0.717) is 24.3 Å². The zero-order valence-corrected chi connectivity index (χ0v) is 14.1. The molecule has 0 N–H and O–H groups in total. The van der Waals surface area contributed by atoms with E-state index in [-0.39, 0.29) is 5.78 Å². The standard InChI is InChI=1S/C21H20NO3/c1-24-19-7-9-20(10-8-19)25-16-15-22-13-11-18(12-14-22)21(23)17-5-3-2-4-6-17/h2-14H,15-16H2,1H3/q+1. The molecule has 1 aromatic heterocycles. The average molecular weight is 334 g/mol. The number of carbonyl (C=O) groups is 1. The van der Waals surface area contributed by atoms with Crippen LogP contribution in [0.25, 0.3) is 0 Å². The minimum Gasteiger partial charge on any atom is -0.497 e. The van der Waals surface area contributed by atoms with Crippen molar-refractivity contribution in [3.8, 4) is 11.5 Å². The van der Waals surface area contributed by atoms with E-state index < -0.39 is 0 Å². The number of ketones is 1. The van der Waals surface area contributed by atoms with E-state index in [9.17, 15) is 4.79 Å². The molecule has 0 fully saturated rings. The van der Waals surface area contributed by atoms with Gasteiger partial charge >= 0.3 is 0 Å². The molecule has 0 unspecified atom stereocenters. The summed E-state index contributed by atoms with van der Waals surface area (Å²) in [5.41, 5.74) is 1.38. The van der Waals surface area contributed by atoms with Crippen LogP contribution in [0, 0.1) is 0 Å². The van der Waals surface area contributed by atoms with Crippen molar-refractivity contribution in [1.82, 2.24) is 0 Å². The highest BCUT2D eigenvalue weighted by molar-refractivity contribution is 6.08. The van der Waals surface area contributed by atoms with Gasteiger partial charge in [-0.15, -0.1) is 0 Å². The van der Waals surface area contributed by atoms with Gasteiger partial charge in [0.2, 0.25) is 0 Å². The molecule has 1 heterocycles. The number of hydrogen-bond acceptors (Lipinski definition) is 3. The number of carbonyl (C=O) groups excluding carboxylic acids is 1. The Hall–Kier alpha value is -3.14. The van der Waals surface area contributed by atoms with Crippen LogP contribution in [0.15, 0.2) is 79.1 Å². The summed E-state index contributed by atoms with van der Waals surface area (Å²) in [6, 6.07) is 20.5. The van der Waals surface area contributed by atoms with Crippen molar-refractivity contribution >= 4 is 5.78 Å². The van der Waals surface area contributed by atoms with Gasteiger partial charge in [0, 0.05) is 23.3 Å². The number of benzene rings is 2. The lowest BCUT2D eigenvalue weighted by Gasteiger charge is -2.05. The molecule has 25 heavy (non-hydrogen) atoms. The maximum Gasteiger partial charge on any atom is 0.193 e. The molecule has 4 nitrogen and oxygen atoms in total. The van der Waals surface area contributed by atoms with Crippen molar-refractivity contribution in [3.63, 3.8) is 0 Å². The van der Waals surface area contributed by atoms with Crippen LogP contribution in [-0.4, -0.2) is 19.5 Å². The molecular formula is C21H20NO3+. The first-order chi connectivity index (χ1) is 12.3. The van der Waals surface area contributed by atoms with Crippen LogP contribution >= 0.6 is 0 Å². The SMILES string of the molecule is COc1ccc(OCC[n+]2ccc(C(=O)c3ccccc3)cc2)cc1. The Morgan fingerprint density at radius 3 is 2.08 bits per heavy atom. The van der Waals surface area contributed by atoms with E-state index in [2.05, 4.69) is 0 Å². The van der Waals surface area contributed by atoms with Crippen LogP contribution < -0.4 is 14.0 Å². The van der Waals surface area contributed by atoms with E-state index in [4.69, 9.17) is 9.47 Å². The smallest absolute Gasteiger partial charge is 0.193 e. The summed E-state index contributed by atoms with van der Waals surface area (Å²) in [5, 5.41) is 0. The Bertz CT molecular complexity index is 812. The Morgan fingerprint density at radius 2 is 1.44 bits per heavy atom. The van der Waals surface area contributed by atoms with Crippen molar-refractivity contribution in [1.29, 1.82) is 0 Å². The van der Waals surface area contributed by atoms with Gasteiger partial charge in [-0.1, -0.05) is 30.3 Å². The number of nitrogens with zero attached hydrogens (tertiary/aromatic N) is 1. The normalized spacial score (nSPS) is 10.3. The van der Waals surface area contributed by atoms with Crippen LogP contribution in [0.3, 0.4) is 0 Å². The van der Waals surface area contributed by atoms with Gasteiger partial charge in [-0.05, 0) is 24.3 Å². The van der Waals surface area contributed by atoms with Gasteiger partial charge in [-0.25, -0.2) is 4.57 Å². The molecule has 3 aromatic rings. The predicted octanol–water partition coefficient (Wildman–Crippen LogP) is 3.29. The van der Waals surface area contributed by atoms with E-state index in [1.807, 2.05) is 83.7 Å². The highest BCUT2D eigenvalue weighted by atomic mass is 16.5. The molecule has 2 aromatic carbocycles. The van der Waals surface area contributed by atoms with Gasteiger partial charge < -0.3 is 9.47 Å². The highest BCUT2D eigenvalue weighted by Gasteiger charge is 2.10. The maximum atomic E-state index is 12.4. The first-order valence-electron chi connectivity index (χ1n) is 8.12. The van der Waals surface area contributed by atoms with Gasteiger partial charge in [0.15, 0.2) is 24.7 Å². The minimum absolute atomic E-state index is 0.0298. The molecule has 126 valence electrons. The number of hydrogen-bond donors (Lipinski definition) is 0. The molecule has 0 saturated carbocycles. The Labute approximate surface area is 147 Å². The number of methoxy groups -OCH3 is 1. The van der Waals surface area contributed by atoms with Crippen LogP contribution in [0.4, 0.5) is 0 Å². The number of pyridine rings is 1. The fraction of sp³-hybridized carbons (Fsp3) is 0.143. The Kier molecular flexibility index (Phi) is 5.42. The highest BCUT2D eigenvalue weighted by Crippen LogP contribution is 2.16. The van der Waals surface area contributed by atoms with Crippen LogP contribution in [0.2, 0.25) is 0 Å². The molecule has 0 bridgehead atoms. The fourth-order valence-corrected chi connectivity index (χ4v) is 2.45. The zero-order valence-electron chi connectivity index (χ0n) is 14.1. The number of aromatic nitrogens is 1. The minimum atomic E-state index is 0.0298. The summed E-state index contributed by atoms with van der Waals surface area (Å²) >= 11 is 0. The molecule has 0 aliphatic heterocycles. The predicted molar refractivity (Wildman–Crippen MR) is 95.0 cm³/mol. The van der Waals surface area contributed by atoms with Crippen molar-refractivity contribution in [2.75, 3.05) is 13.7 Å². The third-order valence-electron chi connectivity index (χ3n) is 3.87. The lowest BCUT2D eigenvalue weighted by atomic mass is 10.0. The molecule has 0 radical (unpaired) electrons. The Balaban J connectivity index is 1.54. The van der Waals surface area contributed by atoms with E-state index in [1.54, 1.807) is 7.11 Å². The average Bonchev–Trinajstić information content (AvgIpc) is 2.69. The monoisotopic (exact) mass is 334 g/mol. The van der Waals surface area contributed by atoms with Gasteiger partial charge in [-0.2, -0.15) is 0 Å². The van der Waals surface area contributed by atoms with E-state index in [1.165, 1.54) is 0 Å². The molecule has 4 heteroatoms. The summed E-state index contributed by atoms with van der Waals surface area (Å²) in [6.45, 7) is 1.24. The quantitative estimate of drug-likeness (QED) is 0.492. The van der Waals surface area contributed by atoms with E-state index in [0.717, 1.165) is 11.5 Å². The topological polar surface area (TPSA) is 39.4 Å². The van der Waals surface area contributed by atoms with Crippen LogP contribution in [0.1, 0.15) is 15.9 Å². The number of ether oxygens (including phenoxy) is 2. The fourth-order valence-electron chi connectivity index (χ4n) is 2.45. The zero-order chi connectivity index (χ0) is 17.5. The van der Waals surface area contributed by atoms with E-state index >= 15 is 0 Å². The summed E-state index contributed by atoms with van der Waals surface area (Å²) in [7, 11) is 1.64. The summed E-state index contributed by atoms with van der Waals surface area (Å²) in [6.07, 6.45) is 3.79. The van der Waals surface area contributed by atoms with Crippen molar-refractivity contribution in [3.05, 3.63) is 90.3 Å². The third-order valence-corrected chi connectivity index (χ3v) is 3.87.